The maximum atomic E-state index is 12.5. The lowest BCUT2D eigenvalue weighted by molar-refractivity contribution is 0.0581. The fraction of sp³-hybridized carbons (Fsp3) is 0.278. The molecule has 0 bridgehead atoms. The van der Waals surface area contributed by atoms with Crippen LogP contribution in [0.4, 0.5) is 0 Å². The van der Waals surface area contributed by atoms with Gasteiger partial charge < -0.3 is 9.30 Å². The molecule has 2 heterocycles. The van der Waals surface area contributed by atoms with E-state index in [9.17, 15) is 16.8 Å². The van der Waals surface area contributed by atoms with Gasteiger partial charge in [-0.3, -0.25) is 0 Å². The number of aromatic nitrogens is 2. The summed E-state index contributed by atoms with van der Waals surface area (Å²) in [5.41, 5.74) is 1.29. The standard InChI is InChI=1S/C18H19N3O5S2/c1-27(22,23)15-7-8-17-16(9-15)20-18-12-26-11-13(21(17)18)10-19-28(24,25)14-5-3-2-4-6-14/h2-9,13,19H,10-12H2,1H3. The molecule has 148 valence electrons. The fourth-order valence-corrected chi connectivity index (χ4v) is 5.00. The number of fused-ring (bicyclic) bond motifs is 3. The Labute approximate surface area is 163 Å². The SMILES string of the molecule is CS(=O)(=O)c1ccc2c(c1)nc1n2C(CNS(=O)(=O)c2ccccc2)COC1. The molecular weight excluding hydrogens is 402 g/mol. The van der Waals surface area contributed by atoms with E-state index in [-0.39, 0.29) is 29.0 Å². The van der Waals surface area contributed by atoms with Crippen molar-refractivity contribution in [3.8, 4) is 0 Å². The molecule has 1 aliphatic heterocycles. The monoisotopic (exact) mass is 421 g/mol. The number of hydrogen-bond donors (Lipinski definition) is 1. The molecule has 4 rings (SSSR count). The van der Waals surface area contributed by atoms with Crippen molar-refractivity contribution < 1.29 is 21.6 Å². The molecule has 0 radical (unpaired) electrons. The van der Waals surface area contributed by atoms with Gasteiger partial charge in [0.25, 0.3) is 0 Å². The van der Waals surface area contributed by atoms with Crippen LogP contribution in [0.25, 0.3) is 11.0 Å². The van der Waals surface area contributed by atoms with Crippen LogP contribution < -0.4 is 4.72 Å². The van der Waals surface area contributed by atoms with Crippen molar-refractivity contribution in [1.29, 1.82) is 0 Å². The summed E-state index contributed by atoms with van der Waals surface area (Å²) in [4.78, 5) is 4.86. The minimum absolute atomic E-state index is 0.128. The molecule has 3 aromatic rings. The first-order chi connectivity index (χ1) is 13.3. The van der Waals surface area contributed by atoms with Crippen LogP contribution in [-0.2, 0) is 31.2 Å². The van der Waals surface area contributed by atoms with Crippen LogP contribution in [-0.4, -0.2) is 45.8 Å². The molecule has 1 aromatic heterocycles. The summed E-state index contributed by atoms with van der Waals surface area (Å²) in [5.74, 6) is 0.635. The minimum atomic E-state index is -3.64. The molecular formula is C18H19N3O5S2. The Morgan fingerprint density at radius 3 is 2.57 bits per heavy atom. The summed E-state index contributed by atoms with van der Waals surface area (Å²) in [7, 11) is -6.98. The van der Waals surface area contributed by atoms with Gasteiger partial charge in [-0.1, -0.05) is 18.2 Å². The maximum Gasteiger partial charge on any atom is 0.240 e. The molecule has 8 nitrogen and oxygen atoms in total. The van der Waals surface area contributed by atoms with Crippen LogP contribution in [0, 0.1) is 0 Å². The molecule has 1 N–H and O–H groups in total. The highest BCUT2D eigenvalue weighted by Crippen LogP contribution is 2.27. The van der Waals surface area contributed by atoms with Gasteiger partial charge in [0.2, 0.25) is 10.0 Å². The number of nitrogens with one attached hydrogen (secondary N) is 1. The second-order valence-electron chi connectivity index (χ2n) is 6.65. The Balaban J connectivity index is 1.65. The van der Waals surface area contributed by atoms with Crippen molar-refractivity contribution in [3.63, 3.8) is 0 Å². The molecule has 1 unspecified atom stereocenters. The van der Waals surface area contributed by atoms with E-state index in [0.29, 0.717) is 17.9 Å². The zero-order chi connectivity index (χ0) is 19.9. The normalized spacial score (nSPS) is 17.5. The third-order valence-corrected chi connectivity index (χ3v) is 7.18. The molecule has 1 atom stereocenters. The van der Waals surface area contributed by atoms with Crippen molar-refractivity contribution in [3.05, 3.63) is 54.4 Å². The average molecular weight is 422 g/mol. The lowest BCUT2D eigenvalue weighted by atomic mass is 10.2. The third-order valence-electron chi connectivity index (χ3n) is 4.63. The number of ether oxygens (including phenoxy) is 1. The summed E-state index contributed by atoms with van der Waals surface area (Å²) in [6.45, 7) is 0.734. The van der Waals surface area contributed by atoms with E-state index in [2.05, 4.69) is 9.71 Å². The lowest BCUT2D eigenvalue weighted by Crippen LogP contribution is -2.35. The molecule has 1 aliphatic rings. The molecule has 0 aliphatic carbocycles. The number of sulfone groups is 1. The smallest absolute Gasteiger partial charge is 0.240 e. The van der Waals surface area contributed by atoms with Gasteiger partial charge in [0.1, 0.15) is 12.4 Å². The van der Waals surface area contributed by atoms with Crippen molar-refractivity contribution in [2.75, 3.05) is 19.4 Å². The predicted octanol–water partition coefficient (Wildman–Crippen LogP) is 1.49. The molecule has 0 fully saturated rings. The number of nitrogens with zero attached hydrogens (tertiary/aromatic N) is 2. The Hall–Kier alpha value is -2.27. The van der Waals surface area contributed by atoms with Crippen LogP contribution in [0.3, 0.4) is 0 Å². The van der Waals surface area contributed by atoms with E-state index in [4.69, 9.17) is 4.74 Å². The van der Waals surface area contributed by atoms with Gasteiger partial charge in [0.05, 0.1) is 33.5 Å². The fourth-order valence-electron chi connectivity index (χ4n) is 3.27. The number of imidazole rings is 1. The summed E-state index contributed by atoms with van der Waals surface area (Å²) in [6.07, 6.45) is 1.15. The van der Waals surface area contributed by atoms with E-state index < -0.39 is 19.9 Å². The van der Waals surface area contributed by atoms with Crippen LogP contribution in [0.15, 0.2) is 58.3 Å². The first-order valence-corrected chi connectivity index (χ1v) is 12.0. The van der Waals surface area contributed by atoms with E-state index >= 15 is 0 Å². The number of hydrogen-bond acceptors (Lipinski definition) is 6. The predicted molar refractivity (Wildman–Crippen MR) is 103 cm³/mol. The Morgan fingerprint density at radius 2 is 1.86 bits per heavy atom. The van der Waals surface area contributed by atoms with Crippen molar-refractivity contribution in [1.82, 2.24) is 14.3 Å². The second-order valence-corrected chi connectivity index (χ2v) is 10.4. The number of benzene rings is 2. The van der Waals surface area contributed by atoms with E-state index in [1.54, 1.807) is 24.3 Å². The minimum Gasteiger partial charge on any atom is -0.371 e. The first kappa shape index (κ1) is 19.1. The van der Waals surface area contributed by atoms with Crippen molar-refractivity contribution in [2.45, 2.75) is 22.4 Å². The van der Waals surface area contributed by atoms with Gasteiger partial charge in [-0.25, -0.2) is 26.5 Å². The second kappa shape index (κ2) is 6.96. The summed E-state index contributed by atoms with van der Waals surface area (Å²) < 4.78 is 58.7. The number of sulfonamides is 1. The Morgan fingerprint density at radius 1 is 1.11 bits per heavy atom. The molecule has 2 aromatic carbocycles. The van der Waals surface area contributed by atoms with Crippen LogP contribution in [0.1, 0.15) is 11.9 Å². The highest BCUT2D eigenvalue weighted by molar-refractivity contribution is 7.90. The van der Waals surface area contributed by atoms with Crippen LogP contribution in [0.5, 0.6) is 0 Å². The van der Waals surface area contributed by atoms with Crippen molar-refractivity contribution >= 4 is 30.9 Å². The maximum absolute atomic E-state index is 12.5. The third kappa shape index (κ3) is 3.55. The highest BCUT2D eigenvalue weighted by Gasteiger charge is 2.26. The lowest BCUT2D eigenvalue weighted by Gasteiger charge is -2.26. The largest absolute Gasteiger partial charge is 0.371 e. The van der Waals surface area contributed by atoms with E-state index in [1.165, 1.54) is 24.3 Å². The quantitative estimate of drug-likeness (QED) is 0.669. The summed E-state index contributed by atoms with van der Waals surface area (Å²) in [5, 5.41) is 0. The van der Waals surface area contributed by atoms with Crippen molar-refractivity contribution in [2.24, 2.45) is 0 Å². The molecule has 0 amide bonds. The molecule has 0 spiro atoms. The van der Waals surface area contributed by atoms with Gasteiger partial charge in [-0.15, -0.1) is 0 Å². The summed E-state index contributed by atoms with van der Waals surface area (Å²) >= 11 is 0. The van der Waals surface area contributed by atoms with Gasteiger partial charge in [-0.05, 0) is 30.3 Å². The molecule has 28 heavy (non-hydrogen) atoms. The van der Waals surface area contributed by atoms with Gasteiger partial charge in [-0.2, -0.15) is 0 Å². The molecule has 0 saturated carbocycles. The van der Waals surface area contributed by atoms with Gasteiger partial charge >= 0.3 is 0 Å². The topological polar surface area (TPSA) is 107 Å². The Kier molecular flexibility index (Phi) is 4.74. The zero-order valence-electron chi connectivity index (χ0n) is 15.1. The molecule has 10 heteroatoms. The van der Waals surface area contributed by atoms with Crippen LogP contribution >= 0.6 is 0 Å². The van der Waals surface area contributed by atoms with E-state index in [0.717, 1.165) is 11.8 Å². The Bertz CT molecular complexity index is 1230. The number of rotatable bonds is 5. The summed E-state index contributed by atoms with van der Waals surface area (Å²) in [6, 6.07) is 12.6. The molecule has 0 saturated heterocycles. The van der Waals surface area contributed by atoms with Crippen LogP contribution in [0.2, 0.25) is 0 Å². The zero-order valence-corrected chi connectivity index (χ0v) is 16.7. The highest BCUT2D eigenvalue weighted by atomic mass is 32.2. The van der Waals surface area contributed by atoms with Gasteiger partial charge in [0, 0.05) is 12.8 Å². The average Bonchev–Trinajstić information content (AvgIpc) is 3.05. The van der Waals surface area contributed by atoms with Gasteiger partial charge in [0.15, 0.2) is 9.84 Å². The first-order valence-electron chi connectivity index (χ1n) is 8.59. The van der Waals surface area contributed by atoms with E-state index in [1.807, 2.05) is 4.57 Å².